The lowest BCUT2D eigenvalue weighted by molar-refractivity contribution is 0.177. The van der Waals surface area contributed by atoms with Crippen molar-refractivity contribution in [1.29, 1.82) is 0 Å². The van der Waals surface area contributed by atoms with Crippen LogP contribution in [0.3, 0.4) is 0 Å². The molecule has 0 saturated heterocycles. The average Bonchev–Trinajstić information content (AvgIpc) is 2.34. The van der Waals surface area contributed by atoms with Gasteiger partial charge >= 0.3 is 0 Å². The molecule has 0 aliphatic rings. The molecule has 1 unspecified atom stereocenters. The van der Waals surface area contributed by atoms with Crippen molar-refractivity contribution in [3.63, 3.8) is 0 Å². The van der Waals surface area contributed by atoms with E-state index in [1.165, 1.54) is 5.56 Å². The van der Waals surface area contributed by atoms with Crippen molar-refractivity contribution in [2.45, 2.75) is 19.4 Å². The van der Waals surface area contributed by atoms with Crippen molar-refractivity contribution in [1.82, 2.24) is 0 Å². The van der Waals surface area contributed by atoms with Gasteiger partial charge in [-0.15, -0.1) is 0 Å². The zero-order valence-electron chi connectivity index (χ0n) is 9.73. The lowest BCUT2D eigenvalue weighted by Gasteiger charge is -2.14. The molecule has 0 bridgehead atoms. The number of aliphatic hydroxyl groups is 1. The third-order valence-corrected chi connectivity index (χ3v) is 4.33. The van der Waals surface area contributed by atoms with E-state index in [2.05, 4.69) is 35.6 Å². The van der Waals surface area contributed by atoms with E-state index in [-0.39, 0.29) is 0 Å². The fourth-order valence-electron chi connectivity index (χ4n) is 1.87. The molecular weight excluding hydrogens is 323 g/mol. The molecule has 88 valence electrons. The van der Waals surface area contributed by atoms with Gasteiger partial charge in [-0.25, -0.2) is 0 Å². The molecule has 1 atom stereocenters. The molecule has 0 aliphatic carbocycles. The number of rotatable bonds is 3. The summed E-state index contributed by atoms with van der Waals surface area (Å²) in [6, 6.07) is 16.2. The van der Waals surface area contributed by atoms with Gasteiger partial charge in [0.25, 0.3) is 0 Å². The molecule has 2 rings (SSSR count). The summed E-state index contributed by atoms with van der Waals surface area (Å²) in [7, 11) is 0. The Morgan fingerprint density at radius 2 is 1.76 bits per heavy atom. The molecule has 17 heavy (non-hydrogen) atoms. The molecule has 2 heteroatoms. The van der Waals surface area contributed by atoms with Crippen molar-refractivity contribution in [2.75, 3.05) is 0 Å². The van der Waals surface area contributed by atoms with Crippen LogP contribution in [0.1, 0.15) is 22.8 Å². The second-order valence-electron chi connectivity index (χ2n) is 4.18. The zero-order valence-corrected chi connectivity index (χ0v) is 11.9. The van der Waals surface area contributed by atoms with E-state index in [4.69, 9.17) is 0 Å². The van der Waals surface area contributed by atoms with Crippen LogP contribution < -0.4 is 0 Å². The van der Waals surface area contributed by atoms with Gasteiger partial charge in [0.15, 0.2) is 0 Å². The van der Waals surface area contributed by atoms with Crippen LogP contribution >= 0.6 is 22.6 Å². The number of aliphatic hydroxyl groups excluding tert-OH is 1. The minimum Gasteiger partial charge on any atom is -0.388 e. The van der Waals surface area contributed by atoms with E-state index >= 15 is 0 Å². The smallest absolute Gasteiger partial charge is 0.0840 e. The fraction of sp³-hybridized carbons (Fsp3) is 0.200. The van der Waals surface area contributed by atoms with Crippen LogP contribution in [0.15, 0.2) is 48.5 Å². The van der Waals surface area contributed by atoms with E-state index in [1.807, 2.05) is 42.5 Å². The van der Waals surface area contributed by atoms with Gasteiger partial charge in [0.05, 0.1) is 6.10 Å². The van der Waals surface area contributed by atoms with E-state index in [1.54, 1.807) is 0 Å². The average molecular weight is 338 g/mol. The lowest BCUT2D eigenvalue weighted by atomic mass is 10.0. The maximum absolute atomic E-state index is 10.3. The van der Waals surface area contributed by atoms with Crippen molar-refractivity contribution in [2.24, 2.45) is 0 Å². The molecule has 0 amide bonds. The minimum atomic E-state index is -0.427. The number of hydrogen-bond donors (Lipinski definition) is 1. The third-order valence-electron chi connectivity index (χ3n) is 2.85. The maximum atomic E-state index is 10.3. The summed E-state index contributed by atoms with van der Waals surface area (Å²) >= 11 is 2.30. The Bertz CT molecular complexity index is 494. The monoisotopic (exact) mass is 338 g/mol. The van der Waals surface area contributed by atoms with Crippen LogP contribution in [0, 0.1) is 10.5 Å². The van der Waals surface area contributed by atoms with Crippen LogP contribution in [0.4, 0.5) is 0 Å². The Morgan fingerprint density at radius 3 is 2.47 bits per heavy atom. The summed E-state index contributed by atoms with van der Waals surface area (Å²) in [5.41, 5.74) is 3.40. The summed E-state index contributed by atoms with van der Waals surface area (Å²) in [4.78, 5) is 0. The largest absolute Gasteiger partial charge is 0.388 e. The Hall–Kier alpha value is -0.870. The molecule has 0 aliphatic heterocycles. The van der Waals surface area contributed by atoms with E-state index in [0.29, 0.717) is 6.42 Å². The first-order valence-electron chi connectivity index (χ1n) is 5.65. The predicted molar refractivity (Wildman–Crippen MR) is 79.0 cm³/mol. The van der Waals surface area contributed by atoms with Gasteiger partial charge in [-0.3, -0.25) is 0 Å². The van der Waals surface area contributed by atoms with Crippen LogP contribution in [0.25, 0.3) is 0 Å². The Labute approximate surface area is 116 Å². The first-order chi connectivity index (χ1) is 8.18. The van der Waals surface area contributed by atoms with E-state index < -0.39 is 6.10 Å². The van der Waals surface area contributed by atoms with Crippen LogP contribution in [0.5, 0.6) is 0 Å². The first kappa shape index (κ1) is 12.6. The fourth-order valence-corrected chi connectivity index (χ4v) is 2.59. The van der Waals surface area contributed by atoms with Gasteiger partial charge in [0.1, 0.15) is 0 Å². The van der Waals surface area contributed by atoms with E-state index in [9.17, 15) is 5.11 Å². The molecule has 2 aromatic carbocycles. The Balaban J connectivity index is 2.20. The SMILES string of the molecule is Cc1cccc(C(O)Cc2ccccc2)c1I. The highest BCUT2D eigenvalue weighted by atomic mass is 127. The quantitative estimate of drug-likeness (QED) is 0.843. The van der Waals surface area contributed by atoms with Gasteiger partial charge in [-0.2, -0.15) is 0 Å². The highest BCUT2D eigenvalue weighted by Gasteiger charge is 2.12. The molecular formula is C15H15IO. The molecule has 0 heterocycles. The zero-order chi connectivity index (χ0) is 12.3. The molecule has 0 spiro atoms. The first-order valence-corrected chi connectivity index (χ1v) is 6.73. The van der Waals surface area contributed by atoms with Crippen molar-refractivity contribution in [3.05, 3.63) is 68.8 Å². The lowest BCUT2D eigenvalue weighted by Crippen LogP contribution is -2.04. The van der Waals surface area contributed by atoms with E-state index in [0.717, 1.165) is 14.7 Å². The van der Waals surface area contributed by atoms with Gasteiger partial charge in [-0.1, -0.05) is 48.5 Å². The van der Waals surface area contributed by atoms with Crippen molar-refractivity contribution < 1.29 is 5.11 Å². The molecule has 2 aromatic rings. The second kappa shape index (κ2) is 5.65. The topological polar surface area (TPSA) is 20.2 Å². The highest BCUT2D eigenvalue weighted by molar-refractivity contribution is 14.1. The molecule has 0 aromatic heterocycles. The maximum Gasteiger partial charge on any atom is 0.0840 e. The number of halogens is 1. The van der Waals surface area contributed by atoms with Crippen LogP contribution in [-0.2, 0) is 6.42 Å². The number of benzene rings is 2. The normalized spacial score (nSPS) is 12.4. The van der Waals surface area contributed by atoms with Crippen molar-refractivity contribution in [3.8, 4) is 0 Å². The van der Waals surface area contributed by atoms with Crippen LogP contribution in [0.2, 0.25) is 0 Å². The summed E-state index contributed by atoms with van der Waals surface area (Å²) < 4.78 is 1.16. The molecule has 0 radical (unpaired) electrons. The Morgan fingerprint density at radius 1 is 1.06 bits per heavy atom. The second-order valence-corrected chi connectivity index (χ2v) is 5.26. The summed E-state index contributed by atoms with van der Waals surface area (Å²) in [5, 5.41) is 10.3. The van der Waals surface area contributed by atoms with Gasteiger partial charge < -0.3 is 5.11 Å². The molecule has 0 fully saturated rings. The molecule has 1 nitrogen and oxygen atoms in total. The summed E-state index contributed by atoms with van der Waals surface area (Å²) in [6.07, 6.45) is 0.240. The predicted octanol–water partition coefficient (Wildman–Crippen LogP) is 3.88. The van der Waals surface area contributed by atoms with Gasteiger partial charge in [-0.05, 0) is 46.2 Å². The summed E-state index contributed by atoms with van der Waals surface area (Å²) in [5.74, 6) is 0. The summed E-state index contributed by atoms with van der Waals surface area (Å²) in [6.45, 7) is 2.07. The Kier molecular flexibility index (Phi) is 4.18. The standard InChI is InChI=1S/C15H15IO/c1-11-6-5-9-13(15(11)16)14(17)10-12-7-3-2-4-8-12/h2-9,14,17H,10H2,1H3. The number of aryl methyl sites for hydroxylation is 1. The number of hydrogen-bond acceptors (Lipinski definition) is 1. The molecule has 1 N–H and O–H groups in total. The van der Waals surface area contributed by atoms with Crippen molar-refractivity contribution >= 4 is 22.6 Å². The minimum absolute atomic E-state index is 0.427. The molecule has 0 saturated carbocycles. The highest BCUT2D eigenvalue weighted by Crippen LogP contribution is 2.25. The van der Waals surface area contributed by atoms with Gasteiger partial charge in [0, 0.05) is 9.99 Å². The van der Waals surface area contributed by atoms with Crippen LogP contribution in [-0.4, -0.2) is 5.11 Å². The van der Waals surface area contributed by atoms with Gasteiger partial charge in [0.2, 0.25) is 0 Å². The third kappa shape index (κ3) is 3.07.